The predicted octanol–water partition coefficient (Wildman–Crippen LogP) is 17.5. The molecule has 0 N–H and O–H groups in total. The summed E-state index contributed by atoms with van der Waals surface area (Å²) in [6.07, 6.45) is 3.50. The fourth-order valence-corrected chi connectivity index (χ4v) is 34.7. The van der Waals surface area contributed by atoms with Crippen molar-refractivity contribution in [1.29, 1.82) is 0 Å². The van der Waals surface area contributed by atoms with Crippen molar-refractivity contribution in [2.45, 2.75) is 135 Å². The van der Waals surface area contributed by atoms with Crippen LogP contribution in [0.1, 0.15) is 90.4 Å². The van der Waals surface area contributed by atoms with Crippen LogP contribution in [-0.2, 0) is 132 Å². The average molecular weight is 2280 g/mol. The Balaban J connectivity index is 0.000000135. The van der Waals surface area contributed by atoms with Crippen LogP contribution in [0, 0.1) is 70.2 Å². The highest BCUT2D eigenvalue weighted by atomic mass is 35.5. The van der Waals surface area contributed by atoms with Crippen molar-refractivity contribution in [2.24, 2.45) is 33.7 Å². The molecule has 4 saturated heterocycles. The Kier molecular flexibility index (Phi) is 33.2. The number of amidine groups is 1. The summed E-state index contributed by atoms with van der Waals surface area (Å²) in [6, 6.07) is 46.5. The predicted molar refractivity (Wildman–Crippen MR) is 541 cm³/mol. The van der Waals surface area contributed by atoms with Crippen LogP contribution in [0.25, 0.3) is 0 Å². The molecule has 0 bridgehead atoms. The SMILES string of the molecule is O=S(=O)(CC[C@@H]1OCC[C@@]2(Cc3ccc(Cl)cc3)c3c(F)ccc(F)c3OC[C@@H]12)CC1=NCC=N1.O=S(=O)(CC[C@@H]1OCC[C@@]2(S(=O)(=O)c3ccc(Cl)cc3)c3c(F)ccc(F)c3OC[C@@H]12)CCn1cccn1.O=S(=O)(CC[C@@H]1OCC[C@@]2(S(=O)(=O)c3ccc(Cl)cc3)c3c(F)ccc(F)c3OC[C@@H]12)Cc1ccccc1.O=S(=O)(CC[C@@H]1OCC[C@@]2(S(=O)(=O)c3ccc(Cl)cc3)c3c(F)ccc(F)c3OC[C@@H]12)Cc1ccccn1. The van der Waals surface area contributed by atoms with Gasteiger partial charge in [-0.1, -0.05) is 94.9 Å². The van der Waals surface area contributed by atoms with Crippen LogP contribution in [-0.4, -0.2) is 204 Å². The first-order valence-corrected chi connectivity index (χ1v) is 60.6. The van der Waals surface area contributed by atoms with Crippen molar-refractivity contribution in [3.8, 4) is 23.0 Å². The van der Waals surface area contributed by atoms with Crippen molar-refractivity contribution in [1.82, 2.24) is 14.8 Å². The van der Waals surface area contributed by atoms with Crippen LogP contribution < -0.4 is 18.9 Å². The van der Waals surface area contributed by atoms with Crippen LogP contribution in [0.2, 0.25) is 20.1 Å². The van der Waals surface area contributed by atoms with Gasteiger partial charge in [0.25, 0.3) is 0 Å². The highest BCUT2D eigenvalue weighted by Gasteiger charge is 2.66. The lowest BCUT2D eigenvalue weighted by Gasteiger charge is -2.51. The minimum atomic E-state index is -4.37. The summed E-state index contributed by atoms with van der Waals surface area (Å²) in [5.74, 6) is -12.9. The molecule has 794 valence electrons. The van der Waals surface area contributed by atoms with Gasteiger partial charge in [-0.3, -0.25) is 14.7 Å². The molecule has 20 rings (SSSR count). The fraction of sp³-hybridized carbons (Fsp3) is 0.379. The number of aryl methyl sites for hydroxylation is 1. The van der Waals surface area contributed by atoms with Gasteiger partial charge in [-0.15, -0.1) is 0 Å². The maximum Gasteiger partial charge on any atom is 0.189 e. The van der Waals surface area contributed by atoms with Crippen molar-refractivity contribution in [3.05, 3.63) is 324 Å². The summed E-state index contributed by atoms with van der Waals surface area (Å²) < 4.78 is 351. The molecule has 0 saturated carbocycles. The van der Waals surface area contributed by atoms with Crippen molar-refractivity contribution in [2.75, 3.05) is 93.9 Å². The first-order chi connectivity index (χ1) is 70.9. The van der Waals surface area contributed by atoms with Gasteiger partial charge in [0.05, 0.1) is 141 Å². The Morgan fingerprint density at radius 3 is 1.09 bits per heavy atom. The molecule has 2 aromatic heterocycles. The van der Waals surface area contributed by atoms with Gasteiger partial charge >= 0.3 is 0 Å². The Labute approximate surface area is 876 Å². The number of sulfone groups is 7. The van der Waals surface area contributed by atoms with Crippen LogP contribution in [0.3, 0.4) is 0 Å². The first-order valence-electron chi connectivity index (χ1n) is 47.4. The lowest BCUT2D eigenvalue weighted by molar-refractivity contribution is -0.0963. The van der Waals surface area contributed by atoms with E-state index in [0.29, 0.717) is 63.2 Å². The number of hydrogen-bond donors (Lipinski definition) is 0. The zero-order chi connectivity index (χ0) is 106. The minimum Gasteiger partial charge on any atom is -0.490 e. The second kappa shape index (κ2) is 44.9. The van der Waals surface area contributed by atoms with E-state index in [1.165, 1.54) is 83.7 Å². The Hall–Kier alpha value is -10.0. The van der Waals surface area contributed by atoms with E-state index in [0.717, 1.165) is 54.1 Å². The van der Waals surface area contributed by atoms with Gasteiger partial charge in [0.2, 0.25) is 0 Å². The van der Waals surface area contributed by atoms with E-state index < -0.39 is 206 Å². The number of halogens is 12. The average Bonchev–Trinajstić information content (AvgIpc) is 0.919. The van der Waals surface area contributed by atoms with Crippen molar-refractivity contribution in [3.63, 3.8) is 0 Å². The van der Waals surface area contributed by atoms with Gasteiger partial charge in [0.15, 0.2) is 115 Å². The molecule has 4 fully saturated rings. The third-order valence-electron chi connectivity index (χ3n) is 28.8. The molecule has 0 radical (unpaired) electrons. The van der Waals surface area contributed by atoms with E-state index in [1.54, 1.807) is 85.3 Å². The lowest BCUT2D eigenvalue weighted by atomic mass is 9.60. The number of pyridine rings is 1. The van der Waals surface area contributed by atoms with E-state index >= 15 is 17.6 Å². The van der Waals surface area contributed by atoms with Gasteiger partial charge in [-0.25, -0.2) is 99.0 Å². The topological polar surface area (TPSA) is 368 Å². The molecular formula is C103H99Cl4F8N5O22S7. The smallest absolute Gasteiger partial charge is 0.189 e. The van der Waals surface area contributed by atoms with E-state index in [1.807, 2.05) is 12.1 Å². The maximum absolute atomic E-state index is 15.5. The van der Waals surface area contributed by atoms with Crippen LogP contribution in [0.5, 0.6) is 23.0 Å². The van der Waals surface area contributed by atoms with Gasteiger partial charge in [-0.05, 0) is 221 Å². The second-order valence-corrected chi connectivity index (χ2v) is 54.7. The molecule has 0 unspecified atom stereocenters. The monoisotopic (exact) mass is 2270 g/mol. The molecule has 27 nitrogen and oxygen atoms in total. The van der Waals surface area contributed by atoms with Gasteiger partial charge in [0.1, 0.15) is 49.1 Å². The summed E-state index contributed by atoms with van der Waals surface area (Å²) in [4.78, 5) is 11.8. The molecule has 9 aliphatic heterocycles. The van der Waals surface area contributed by atoms with E-state index in [2.05, 4.69) is 20.1 Å². The van der Waals surface area contributed by atoms with E-state index in [-0.39, 0.29) is 181 Å². The lowest BCUT2D eigenvalue weighted by Crippen LogP contribution is -2.57. The summed E-state index contributed by atoms with van der Waals surface area (Å²) in [6.45, 7) is -0.232. The molecule has 12 atom stereocenters. The molecule has 46 heteroatoms. The molecule has 0 spiro atoms. The van der Waals surface area contributed by atoms with Crippen LogP contribution in [0.15, 0.2) is 243 Å². The zero-order valence-electron chi connectivity index (χ0n) is 79.2. The Bertz CT molecular complexity index is 7490. The highest BCUT2D eigenvalue weighted by molar-refractivity contribution is 7.93. The molecule has 9 aliphatic rings. The summed E-state index contributed by atoms with van der Waals surface area (Å²) in [5.41, 5.74) is 0.139. The minimum absolute atomic E-state index is 0.0344. The van der Waals surface area contributed by atoms with Crippen LogP contribution in [0.4, 0.5) is 35.1 Å². The number of benzene rings is 9. The molecule has 11 heterocycles. The number of nitrogens with zero attached hydrogens (tertiary/aromatic N) is 5. The Morgan fingerprint density at radius 2 is 0.698 bits per heavy atom. The molecule has 11 aromatic rings. The highest BCUT2D eigenvalue weighted by Crippen LogP contribution is 2.61. The zero-order valence-corrected chi connectivity index (χ0v) is 87.9. The van der Waals surface area contributed by atoms with Gasteiger partial charge < -0.3 is 37.9 Å². The third kappa shape index (κ3) is 22.7. The number of aliphatic imine (C=N–C) groups is 2. The molecular weight excluding hydrogens is 2180 g/mol. The van der Waals surface area contributed by atoms with E-state index in [9.17, 15) is 76.5 Å². The van der Waals surface area contributed by atoms with E-state index in [4.69, 9.17) is 84.3 Å². The first kappa shape index (κ1) is 110. The standard InChI is InChI=1S/C27H25ClF2O6S2.C26H24ClF2NO6S2.C25H25ClF2N2O6S2.C25H25ClF2N2O4S/c28-19-6-8-20(9-7-19)38(33,34)27-13-14-35-24(12-15-37(31,32)17-18-4-2-1-3-5-18)21(27)16-36-26-23(30)11-10-22(29)25(26)27;27-17-4-6-19(7-5-17)38(33,34)26-11-13-35-23(10-14-37(31,32)16-18-3-1-2-12-30-18)20(26)15-36-25-22(29)9-8-21(28)24(25)26;26-17-2-4-18(5-3-17)38(33,34)25-9-13-35-22(8-14-37(31,32)15-12-30-11-1-10-29-30)19(25)16-36-24-21(28)7-6-20(27)23(24)25;26-17-3-1-16(2-4-17)13-25-8-11-33-21(7-12-35(31,32)15-22-29-9-10-30-22)18(25)14-34-24-20(28)6-5-19(27)23(24)25/h1-11,21,24H,12-17H2;1-9,12,20,23H,10-11,13-16H2;1-7,10-11,19,22H,8-9,12-16H2;1-6,9,18,21H,7-8,10-15H2/t21-,24-,27-;20-,23-,26-;19-,22-,25-;18-,21-,25-/m0000/s1. The molecule has 9 aromatic carbocycles. The van der Waals surface area contributed by atoms with Crippen molar-refractivity contribution >= 4 is 127 Å². The number of ether oxygens (including phenoxy) is 8. The second-order valence-electron chi connectivity index (χ2n) is 37.5. The number of rotatable bonds is 29. The summed E-state index contributed by atoms with van der Waals surface area (Å²) >= 11 is 24.0. The molecule has 149 heavy (non-hydrogen) atoms. The summed E-state index contributed by atoms with van der Waals surface area (Å²) in [5, 5.41) is 5.52. The maximum atomic E-state index is 15.5. The van der Waals surface area contributed by atoms with Crippen molar-refractivity contribution < 1.29 is 132 Å². The number of hydrogen-bond acceptors (Lipinski definition) is 26. The number of aromatic nitrogens is 3. The van der Waals surface area contributed by atoms with Gasteiger partial charge in [0, 0.05) is 106 Å². The Morgan fingerprint density at radius 1 is 0.342 bits per heavy atom. The third-order valence-corrected chi connectivity index (χ3v) is 43.9. The molecule has 0 aliphatic carbocycles. The normalized spacial score (nSPS) is 23.8. The van der Waals surface area contributed by atoms with Crippen LogP contribution >= 0.6 is 46.4 Å². The van der Waals surface area contributed by atoms with Gasteiger partial charge in [-0.2, -0.15) is 5.10 Å². The quantitative estimate of drug-likeness (QED) is 0.0393. The largest absolute Gasteiger partial charge is 0.490 e. The fourth-order valence-electron chi connectivity index (χ4n) is 21.8. The molecule has 0 amide bonds. The summed E-state index contributed by atoms with van der Waals surface area (Å²) in [7, 11) is -27.4. The number of fused-ring (bicyclic) bond motifs is 12.